The number of hydrazine groups is 1. The standard InChI is InChI=1S/C21H19FN5O/c1-2-24-20-13-26(28)27(18-9-7-15(8-10-18)14-3-4-14)21(25-20)16-5-6-17(12-23)19(22)11-16/h5-11,13-14,24H,2-4H2,1H3/q-1. The number of hydroxylamine groups is 1. The van der Waals surface area contributed by atoms with E-state index < -0.39 is 5.82 Å². The molecule has 1 aliphatic heterocycles. The van der Waals surface area contributed by atoms with Crippen LogP contribution in [0, 0.1) is 22.4 Å². The lowest BCUT2D eigenvalue weighted by molar-refractivity contribution is 0.511. The fraction of sp³-hybridized carbons (Fsp3) is 0.238. The normalized spacial score (nSPS) is 16.4. The van der Waals surface area contributed by atoms with Crippen molar-refractivity contribution < 1.29 is 4.39 Å². The Kier molecular flexibility index (Phi) is 4.72. The predicted molar refractivity (Wildman–Crippen MR) is 106 cm³/mol. The number of anilines is 1. The monoisotopic (exact) mass is 376 g/mol. The van der Waals surface area contributed by atoms with Gasteiger partial charge in [-0.15, -0.1) is 0 Å². The summed E-state index contributed by atoms with van der Waals surface area (Å²) in [5.41, 5.74) is 2.24. The molecular formula is C21H19FN5O-. The first-order valence-electron chi connectivity index (χ1n) is 9.21. The van der Waals surface area contributed by atoms with Gasteiger partial charge < -0.3 is 15.7 Å². The van der Waals surface area contributed by atoms with Gasteiger partial charge in [0.25, 0.3) is 0 Å². The molecule has 0 bridgehead atoms. The van der Waals surface area contributed by atoms with E-state index in [1.807, 2.05) is 31.2 Å². The minimum Gasteiger partial charge on any atom is -0.739 e. The van der Waals surface area contributed by atoms with Crippen molar-refractivity contribution in [3.05, 3.63) is 82.2 Å². The molecule has 2 aromatic rings. The van der Waals surface area contributed by atoms with Crippen LogP contribution in [0.5, 0.6) is 0 Å². The quantitative estimate of drug-likeness (QED) is 0.854. The second-order valence-electron chi connectivity index (χ2n) is 6.77. The number of halogens is 1. The van der Waals surface area contributed by atoms with Gasteiger partial charge in [0.05, 0.1) is 17.5 Å². The fourth-order valence-electron chi connectivity index (χ4n) is 3.18. The van der Waals surface area contributed by atoms with Crippen molar-refractivity contribution in [1.82, 2.24) is 10.5 Å². The maximum absolute atomic E-state index is 14.2. The van der Waals surface area contributed by atoms with E-state index in [2.05, 4.69) is 10.3 Å². The Hall–Kier alpha value is -3.37. The number of nitriles is 1. The molecule has 0 radical (unpaired) electrons. The molecule has 6 nitrogen and oxygen atoms in total. The molecule has 0 atom stereocenters. The summed E-state index contributed by atoms with van der Waals surface area (Å²) < 4.78 is 14.2. The van der Waals surface area contributed by atoms with Crippen LogP contribution in [-0.2, 0) is 0 Å². The van der Waals surface area contributed by atoms with Crippen molar-refractivity contribution in [3.8, 4) is 6.07 Å². The predicted octanol–water partition coefficient (Wildman–Crippen LogP) is 3.96. The van der Waals surface area contributed by atoms with E-state index in [4.69, 9.17) is 5.26 Å². The van der Waals surface area contributed by atoms with Crippen molar-refractivity contribution in [2.24, 2.45) is 4.99 Å². The molecule has 28 heavy (non-hydrogen) atoms. The highest BCUT2D eigenvalue weighted by molar-refractivity contribution is 6.10. The van der Waals surface area contributed by atoms with Crippen LogP contribution in [0.15, 0.2) is 59.5 Å². The summed E-state index contributed by atoms with van der Waals surface area (Å²) in [5.74, 6) is 0.641. The Morgan fingerprint density at radius 2 is 2.00 bits per heavy atom. The highest BCUT2D eigenvalue weighted by Gasteiger charge is 2.25. The van der Waals surface area contributed by atoms with Crippen LogP contribution in [0.1, 0.15) is 42.4 Å². The zero-order chi connectivity index (χ0) is 19.7. The number of nitrogens with one attached hydrogen (secondary N) is 1. The van der Waals surface area contributed by atoms with Gasteiger partial charge in [0, 0.05) is 12.1 Å². The third kappa shape index (κ3) is 3.42. The molecule has 4 rings (SSSR count). The average molecular weight is 376 g/mol. The van der Waals surface area contributed by atoms with Crippen LogP contribution in [-0.4, -0.2) is 17.6 Å². The average Bonchev–Trinajstić information content (AvgIpc) is 3.53. The maximum atomic E-state index is 14.2. The summed E-state index contributed by atoms with van der Waals surface area (Å²) in [6, 6.07) is 13.8. The molecule has 142 valence electrons. The van der Waals surface area contributed by atoms with E-state index in [-0.39, 0.29) is 11.4 Å². The van der Waals surface area contributed by atoms with Crippen LogP contribution < -0.4 is 10.3 Å². The molecule has 1 aliphatic carbocycles. The maximum Gasteiger partial charge on any atom is 0.161 e. The highest BCUT2D eigenvalue weighted by atomic mass is 19.1. The second-order valence-corrected chi connectivity index (χ2v) is 6.77. The SMILES string of the molecule is CCNC1=CN([O-])N(c2ccc(C3CC3)cc2)C(c2ccc(C#N)c(F)c2)=N1. The Morgan fingerprint density at radius 3 is 2.61 bits per heavy atom. The first kappa shape index (κ1) is 18.0. The van der Waals surface area contributed by atoms with Gasteiger partial charge in [-0.25, -0.2) is 14.4 Å². The van der Waals surface area contributed by atoms with Gasteiger partial charge in [-0.1, -0.05) is 12.1 Å². The Bertz CT molecular complexity index is 989. The largest absolute Gasteiger partial charge is 0.739 e. The molecule has 2 aromatic carbocycles. The van der Waals surface area contributed by atoms with E-state index in [0.717, 1.165) is 0 Å². The number of hydrogen-bond donors (Lipinski definition) is 1. The summed E-state index contributed by atoms with van der Waals surface area (Å²) in [5, 5.41) is 26.9. The fourth-order valence-corrected chi connectivity index (χ4v) is 3.18. The summed E-state index contributed by atoms with van der Waals surface area (Å²) in [6.07, 6.45) is 3.74. The molecule has 0 amide bonds. The molecule has 0 saturated heterocycles. The molecular weight excluding hydrogens is 357 g/mol. The smallest absolute Gasteiger partial charge is 0.161 e. The second kappa shape index (κ2) is 7.33. The molecule has 0 spiro atoms. The van der Waals surface area contributed by atoms with Crippen LogP contribution >= 0.6 is 0 Å². The van der Waals surface area contributed by atoms with Gasteiger partial charge in [0.1, 0.15) is 17.7 Å². The molecule has 1 N–H and O–H groups in total. The molecule has 0 aromatic heterocycles. The van der Waals surface area contributed by atoms with E-state index in [9.17, 15) is 9.60 Å². The number of nitrogens with zero attached hydrogens (tertiary/aromatic N) is 4. The highest BCUT2D eigenvalue weighted by Crippen LogP contribution is 2.40. The van der Waals surface area contributed by atoms with Crippen LogP contribution in [0.4, 0.5) is 10.1 Å². The summed E-state index contributed by atoms with van der Waals surface area (Å²) >= 11 is 0. The van der Waals surface area contributed by atoms with E-state index in [1.54, 1.807) is 12.1 Å². The topological polar surface area (TPSA) is 77.7 Å². The Labute approximate surface area is 162 Å². The zero-order valence-electron chi connectivity index (χ0n) is 15.4. The van der Waals surface area contributed by atoms with Crippen molar-refractivity contribution in [2.45, 2.75) is 25.7 Å². The number of benzene rings is 2. The van der Waals surface area contributed by atoms with Crippen molar-refractivity contribution >= 4 is 11.5 Å². The lowest BCUT2D eigenvalue weighted by atomic mass is 10.1. The lowest BCUT2D eigenvalue weighted by Crippen LogP contribution is -2.44. The van der Waals surface area contributed by atoms with Crippen molar-refractivity contribution in [2.75, 3.05) is 11.6 Å². The number of aliphatic imine (C=N–C) groups is 1. The van der Waals surface area contributed by atoms with E-state index in [1.165, 1.54) is 41.7 Å². The van der Waals surface area contributed by atoms with Gasteiger partial charge in [-0.2, -0.15) is 5.26 Å². The minimum atomic E-state index is -0.649. The third-order valence-electron chi connectivity index (χ3n) is 4.75. The number of hydrogen-bond acceptors (Lipinski definition) is 6. The third-order valence-corrected chi connectivity index (χ3v) is 4.75. The molecule has 1 saturated carbocycles. The van der Waals surface area contributed by atoms with Gasteiger partial charge in [-0.05, 0) is 61.6 Å². The molecule has 0 unspecified atom stereocenters. The van der Waals surface area contributed by atoms with E-state index in [0.29, 0.717) is 34.7 Å². The lowest BCUT2D eigenvalue weighted by Gasteiger charge is -2.43. The Morgan fingerprint density at radius 1 is 1.25 bits per heavy atom. The Balaban J connectivity index is 1.75. The molecule has 2 aliphatic rings. The molecule has 1 heterocycles. The van der Waals surface area contributed by atoms with Crippen LogP contribution in [0.2, 0.25) is 0 Å². The summed E-state index contributed by atoms with van der Waals surface area (Å²) in [6.45, 7) is 2.49. The van der Waals surface area contributed by atoms with Gasteiger partial charge in [-0.3, -0.25) is 0 Å². The molecule has 7 heteroatoms. The summed E-state index contributed by atoms with van der Waals surface area (Å²) in [7, 11) is 0. The van der Waals surface area contributed by atoms with E-state index >= 15 is 0 Å². The minimum absolute atomic E-state index is 0.0538. The van der Waals surface area contributed by atoms with Gasteiger partial charge in [0.15, 0.2) is 5.84 Å². The van der Waals surface area contributed by atoms with Crippen LogP contribution in [0.3, 0.4) is 0 Å². The van der Waals surface area contributed by atoms with Crippen LogP contribution in [0.25, 0.3) is 0 Å². The number of rotatable bonds is 5. The van der Waals surface area contributed by atoms with Crippen molar-refractivity contribution in [1.29, 1.82) is 5.26 Å². The number of amidine groups is 1. The molecule has 1 fully saturated rings. The van der Waals surface area contributed by atoms with Gasteiger partial charge in [0.2, 0.25) is 0 Å². The van der Waals surface area contributed by atoms with Crippen molar-refractivity contribution in [3.63, 3.8) is 0 Å². The van der Waals surface area contributed by atoms with Gasteiger partial charge >= 0.3 is 0 Å². The summed E-state index contributed by atoms with van der Waals surface area (Å²) in [4.78, 5) is 4.52. The zero-order valence-corrected chi connectivity index (χ0v) is 15.4. The first-order valence-corrected chi connectivity index (χ1v) is 9.21. The first-order chi connectivity index (χ1) is 13.6.